The van der Waals surface area contributed by atoms with Crippen LogP contribution in [-0.2, 0) is 17.7 Å². The second-order valence-electron chi connectivity index (χ2n) is 4.09. The largest absolute Gasteiger partial charge is 0.378 e. The fraction of sp³-hybridized carbons (Fsp3) is 0.667. The quantitative estimate of drug-likeness (QED) is 0.786. The molecule has 1 fully saturated rings. The molecule has 0 atom stereocenters. The summed E-state index contributed by atoms with van der Waals surface area (Å²) in [6, 6.07) is 1.90. The maximum Gasteiger partial charge on any atom is 0.272 e. The molecular weight excluding hydrogens is 218 g/mol. The van der Waals surface area contributed by atoms with Crippen LogP contribution in [0.1, 0.15) is 30.0 Å². The van der Waals surface area contributed by atoms with Crippen molar-refractivity contribution in [2.75, 3.05) is 26.3 Å². The molecule has 0 saturated carbocycles. The Labute approximate surface area is 101 Å². The van der Waals surface area contributed by atoms with Gasteiger partial charge >= 0.3 is 0 Å². The molecule has 2 rings (SSSR count). The topological polar surface area (TPSA) is 47.4 Å². The first-order chi connectivity index (χ1) is 8.26. The number of nitrogens with zero attached hydrogens (tertiary/aromatic N) is 3. The number of carbonyl (C=O) groups excluding carboxylic acids is 1. The highest BCUT2D eigenvalue weighted by Crippen LogP contribution is 2.10. The predicted octanol–water partition coefficient (Wildman–Crippen LogP) is 0.938. The number of amides is 1. The third kappa shape index (κ3) is 2.49. The predicted molar refractivity (Wildman–Crippen MR) is 64.0 cm³/mol. The summed E-state index contributed by atoms with van der Waals surface area (Å²) in [5, 5.41) is 4.40. The zero-order valence-electron chi connectivity index (χ0n) is 10.5. The maximum absolute atomic E-state index is 12.3. The van der Waals surface area contributed by atoms with Gasteiger partial charge in [0.2, 0.25) is 0 Å². The molecule has 94 valence electrons. The van der Waals surface area contributed by atoms with Crippen molar-refractivity contribution in [1.82, 2.24) is 14.7 Å². The fourth-order valence-corrected chi connectivity index (χ4v) is 1.98. The van der Waals surface area contributed by atoms with E-state index in [9.17, 15) is 4.79 Å². The minimum atomic E-state index is 0.0716. The number of aryl methyl sites for hydroxylation is 2. The molecule has 0 spiro atoms. The van der Waals surface area contributed by atoms with Gasteiger partial charge in [0.05, 0.1) is 18.9 Å². The van der Waals surface area contributed by atoms with Gasteiger partial charge in [-0.2, -0.15) is 5.10 Å². The van der Waals surface area contributed by atoms with Crippen LogP contribution >= 0.6 is 0 Å². The maximum atomic E-state index is 12.3. The Morgan fingerprint density at radius 2 is 2.12 bits per heavy atom. The number of carbonyl (C=O) groups is 1. The fourth-order valence-electron chi connectivity index (χ4n) is 1.98. The minimum absolute atomic E-state index is 0.0716. The first-order valence-electron chi connectivity index (χ1n) is 6.20. The molecule has 2 heterocycles. The minimum Gasteiger partial charge on any atom is -0.378 e. The summed E-state index contributed by atoms with van der Waals surface area (Å²) in [6.45, 7) is 7.39. The molecule has 1 aliphatic rings. The van der Waals surface area contributed by atoms with Gasteiger partial charge in [0.25, 0.3) is 5.91 Å². The Bertz CT molecular complexity index is 394. The van der Waals surface area contributed by atoms with Gasteiger partial charge < -0.3 is 9.64 Å². The second kappa shape index (κ2) is 5.31. The van der Waals surface area contributed by atoms with Gasteiger partial charge in [-0.15, -0.1) is 0 Å². The van der Waals surface area contributed by atoms with Crippen molar-refractivity contribution in [3.05, 3.63) is 17.5 Å². The number of aromatic nitrogens is 2. The molecule has 0 radical (unpaired) electrons. The second-order valence-corrected chi connectivity index (χ2v) is 4.09. The normalized spacial score (nSPS) is 16.2. The molecule has 0 bridgehead atoms. The molecule has 5 nitrogen and oxygen atoms in total. The van der Waals surface area contributed by atoms with Crippen molar-refractivity contribution < 1.29 is 9.53 Å². The van der Waals surface area contributed by atoms with Crippen LogP contribution in [0.3, 0.4) is 0 Å². The molecular formula is C12H19N3O2. The molecule has 17 heavy (non-hydrogen) atoms. The Kier molecular flexibility index (Phi) is 3.78. The van der Waals surface area contributed by atoms with Crippen LogP contribution in [0.5, 0.6) is 0 Å². The lowest BCUT2D eigenvalue weighted by Gasteiger charge is -2.26. The van der Waals surface area contributed by atoms with Crippen molar-refractivity contribution >= 4 is 5.91 Å². The van der Waals surface area contributed by atoms with Crippen LogP contribution < -0.4 is 0 Å². The highest BCUT2D eigenvalue weighted by Gasteiger charge is 2.22. The lowest BCUT2D eigenvalue weighted by molar-refractivity contribution is 0.0295. The molecule has 1 aliphatic heterocycles. The van der Waals surface area contributed by atoms with Crippen LogP contribution in [0.4, 0.5) is 0 Å². The van der Waals surface area contributed by atoms with Gasteiger partial charge in [-0.3, -0.25) is 9.48 Å². The van der Waals surface area contributed by atoms with E-state index in [-0.39, 0.29) is 5.91 Å². The summed E-state index contributed by atoms with van der Waals surface area (Å²) in [5.74, 6) is 0.0716. The van der Waals surface area contributed by atoms with Crippen LogP contribution in [0.15, 0.2) is 6.07 Å². The summed E-state index contributed by atoms with van der Waals surface area (Å²) < 4.78 is 7.04. The number of morpholine rings is 1. The summed E-state index contributed by atoms with van der Waals surface area (Å²) in [4.78, 5) is 14.2. The summed E-state index contributed by atoms with van der Waals surface area (Å²) >= 11 is 0. The zero-order valence-corrected chi connectivity index (χ0v) is 10.5. The average Bonchev–Trinajstić information content (AvgIpc) is 2.82. The van der Waals surface area contributed by atoms with Crippen molar-refractivity contribution in [1.29, 1.82) is 0 Å². The highest BCUT2D eigenvalue weighted by atomic mass is 16.5. The zero-order chi connectivity index (χ0) is 12.3. The number of rotatable bonds is 3. The van der Waals surface area contributed by atoms with E-state index >= 15 is 0 Å². The van der Waals surface area contributed by atoms with Crippen molar-refractivity contribution in [3.63, 3.8) is 0 Å². The summed E-state index contributed by atoms with van der Waals surface area (Å²) in [7, 11) is 0. The third-order valence-electron chi connectivity index (χ3n) is 3.01. The van der Waals surface area contributed by atoms with E-state index in [1.54, 1.807) is 4.68 Å². The van der Waals surface area contributed by atoms with Gasteiger partial charge in [0, 0.05) is 19.6 Å². The van der Waals surface area contributed by atoms with Crippen LogP contribution in [0, 0.1) is 0 Å². The van der Waals surface area contributed by atoms with Gasteiger partial charge in [-0.05, 0) is 19.4 Å². The molecule has 0 aliphatic carbocycles. The average molecular weight is 237 g/mol. The van der Waals surface area contributed by atoms with E-state index in [0.717, 1.165) is 18.7 Å². The van der Waals surface area contributed by atoms with Gasteiger partial charge in [-0.1, -0.05) is 6.92 Å². The smallest absolute Gasteiger partial charge is 0.272 e. The SMILES string of the molecule is CCc1cc(C(=O)N2CCOCC2)n(CC)n1. The van der Waals surface area contributed by atoms with E-state index in [2.05, 4.69) is 5.10 Å². The summed E-state index contributed by atoms with van der Waals surface area (Å²) in [6.07, 6.45) is 0.858. The van der Waals surface area contributed by atoms with E-state index in [1.807, 2.05) is 24.8 Å². The molecule has 1 aromatic rings. The third-order valence-corrected chi connectivity index (χ3v) is 3.01. The number of hydrogen-bond acceptors (Lipinski definition) is 3. The Balaban J connectivity index is 2.19. The van der Waals surface area contributed by atoms with Crippen molar-refractivity contribution in [2.45, 2.75) is 26.8 Å². The summed E-state index contributed by atoms with van der Waals surface area (Å²) in [5.41, 5.74) is 1.68. The molecule has 1 aromatic heterocycles. The molecule has 0 aromatic carbocycles. The first kappa shape index (κ1) is 12.1. The Morgan fingerprint density at radius 1 is 1.41 bits per heavy atom. The lowest BCUT2D eigenvalue weighted by Crippen LogP contribution is -2.41. The Morgan fingerprint density at radius 3 is 2.71 bits per heavy atom. The van der Waals surface area contributed by atoms with E-state index in [4.69, 9.17) is 4.74 Å². The van der Waals surface area contributed by atoms with Gasteiger partial charge in [0.15, 0.2) is 0 Å². The van der Waals surface area contributed by atoms with Crippen LogP contribution in [0.2, 0.25) is 0 Å². The van der Waals surface area contributed by atoms with Crippen molar-refractivity contribution in [2.24, 2.45) is 0 Å². The van der Waals surface area contributed by atoms with E-state index in [0.29, 0.717) is 32.0 Å². The van der Waals surface area contributed by atoms with Gasteiger partial charge in [0.1, 0.15) is 5.69 Å². The lowest BCUT2D eigenvalue weighted by atomic mass is 10.2. The number of hydrogen-bond donors (Lipinski definition) is 0. The molecule has 1 saturated heterocycles. The van der Waals surface area contributed by atoms with Crippen LogP contribution in [-0.4, -0.2) is 46.9 Å². The molecule has 1 amide bonds. The van der Waals surface area contributed by atoms with E-state index < -0.39 is 0 Å². The number of ether oxygens (including phenoxy) is 1. The molecule has 5 heteroatoms. The standard InChI is InChI=1S/C12H19N3O2/c1-3-10-9-11(15(4-2)13-10)12(16)14-5-7-17-8-6-14/h9H,3-8H2,1-2H3. The molecule has 0 N–H and O–H groups in total. The Hall–Kier alpha value is -1.36. The highest BCUT2D eigenvalue weighted by molar-refractivity contribution is 5.92. The van der Waals surface area contributed by atoms with E-state index in [1.165, 1.54) is 0 Å². The van der Waals surface area contributed by atoms with Gasteiger partial charge in [-0.25, -0.2) is 0 Å². The monoisotopic (exact) mass is 237 g/mol. The van der Waals surface area contributed by atoms with Crippen LogP contribution in [0.25, 0.3) is 0 Å². The molecule has 0 unspecified atom stereocenters. The first-order valence-corrected chi connectivity index (χ1v) is 6.20. The van der Waals surface area contributed by atoms with Crippen molar-refractivity contribution in [3.8, 4) is 0 Å².